The van der Waals surface area contributed by atoms with Crippen LogP contribution in [0.3, 0.4) is 0 Å². The van der Waals surface area contributed by atoms with Gasteiger partial charge in [0.05, 0.1) is 12.8 Å². The van der Waals surface area contributed by atoms with E-state index in [0.29, 0.717) is 5.16 Å². The molecule has 0 aliphatic heterocycles. The first kappa shape index (κ1) is 20.7. The van der Waals surface area contributed by atoms with Gasteiger partial charge in [-0.2, -0.15) is 0 Å². The van der Waals surface area contributed by atoms with Crippen molar-refractivity contribution < 1.29 is 14.3 Å². The van der Waals surface area contributed by atoms with Gasteiger partial charge in [-0.05, 0) is 45.1 Å². The van der Waals surface area contributed by atoms with Crippen LogP contribution in [0, 0.1) is 20.8 Å². The quantitative estimate of drug-likeness (QED) is 0.464. The Balaban J connectivity index is 2.33. The van der Waals surface area contributed by atoms with Gasteiger partial charge in [0.25, 0.3) is 5.56 Å². The molecule has 0 atom stereocenters. The lowest BCUT2D eigenvalue weighted by Crippen LogP contribution is -2.33. The van der Waals surface area contributed by atoms with Gasteiger partial charge in [-0.3, -0.25) is 14.2 Å². The number of nitrogens with one attached hydrogen (secondary N) is 1. The highest BCUT2D eigenvalue weighted by atomic mass is 32.2. The van der Waals surface area contributed by atoms with Crippen LogP contribution in [0.2, 0.25) is 0 Å². The maximum atomic E-state index is 12.7. The van der Waals surface area contributed by atoms with E-state index in [4.69, 9.17) is 4.74 Å². The Kier molecular flexibility index (Phi) is 6.79. The van der Waals surface area contributed by atoms with Crippen LogP contribution in [-0.2, 0) is 16.1 Å². The molecule has 8 heteroatoms. The number of esters is 1. The molecule has 0 saturated heterocycles. The van der Waals surface area contributed by atoms with Gasteiger partial charge in [-0.25, -0.2) is 9.78 Å². The van der Waals surface area contributed by atoms with Crippen molar-refractivity contribution in [3.63, 3.8) is 0 Å². The number of carbonyl (C=O) groups excluding carboxylic acids is 2. The first-order valence-electron chi connectivity index (χ1n) is 8.47. The maximum absolute atomic E-state index is 12.7. The number of aromatic nitrogens is 2. The van der Waals surface area contributed by atoms with E-state index in [-0.39, 0.29) is 24.6 Å². The fourth-order valence-electron chi connectivity index (χ4n) is 2.83. The molecule has 7 nitrogen and oxygen atoms in total. The van der Waals surface area contributed by atoms with Crippen LogP contribution in [0.15, 0.2) is 28.3 Å². The molecule has 0 aliphatic carbocycles. The molecule has 1 amide bonds. The van der Waals surface area contributed by atoms with Crippen LogP contribution in [0.4, 0.5) is 5.69 Å². The fourth-order valence-corrected chi connectivity index (χ4v) is 3.35. The Morgan fingerprint density at radius 2 is 1.85 bits per heavy atom. The highest BCUT2D eigenvalue weighted by Crippen LogP contribution is 2.22. The summed E-state index contributed by atoms with van der Waals surface area (Å²) in [7, 11) is 0. The second-order valence-electron chi connectivity index (χ2n) is 6.09. The van der Waals surface area contributed by atoms with Crippen LogP contribution in [0.5, 0.6) is 0 Å². The average molecular weight is 389 g/mol. The summed E-state index contributed by atoms with van der Waals surface area (Å²) in [5.74, 6) is -1.12. The number of aryl methyl sites for hydroxylation is 3. The third kappa shape index (κ3) is 4.77. The van der Waals surface area contributed by atoms with Crippen LogP contribution in [0.1, 0.15) is 34.0 Å². The van der Waals surface area contributed by atoms with Crippen molar-refractivity contribution in [2.75, 3.05) is 18.2 Å². The van der Waals surface area contributed by atoms with Crippen LogP contribution < -0.4 is 10.9 Å². The average Bonchev–Trinajstić information content (AvgIpc) is 2.59. The molecule has 2 aromatic rings. The molecular weight excluding hydrogens is 366 g/mol. The Bertz CT molecular complexity index is 914. The lowest BCUT2D eigenvalue weighted by molar-refractivity contribution is -0.117. The molecule has 144 valence electrons. The van der Waals surface area contributed by atoms with E-state index in [9.17, 15) is 14.4 Å². The maximum Gasteiger partial charge on any atom is 0.345 e. The minimum atomic E-state index is -0.748. The number of anilines is 1. The van der Waals surface area contributed by atoms with E-state index in [2.05, 4.69) is 10.3 Å². The van der Waals surface area contributed by atoms with Gasteiger partial charge in [-0.15, -0.1) is 0 Å². The van der Waals surface area contributed by atoms with E-state index in [1.54, 1.807) is 13.2 Å². The zero-order valence-corrected chi connectivity index (χ0v) is 16.9. The van der Waals surface area contributed by atoms with Crippen molar-refractivity contribution in [2.45, 2.75) is 39.4 Å². The van der Waals surface area contributed by atoms with Crippen molar-refractivity contribution in [3.8, 4) is 0 Å². The summed E-state index contributed by atoms with van der Waals surface area (Å²) < 4.78 is 6.07. The Morgan fingerprint density at radius 1 is 1.22 bits per heavy atom. The van der Waals surface area contributed by atoms with Crippen molar-refractivity contribution in [1.29, 1.82) is 0 Å². The molecule has 0 bridgehead atoms. The number of thioether (sulfide) groups is 1. The number of nitrogens with zero attached hydrogens (tertiary/aromatic N) is 2. The molecule has 1 aromatic carbocycles. The molecule has 0 aliphatic rings. The number of rotatable bonds is 6. The highest BCUT2D eigenvalue weighted by molar-refractivity contribution is 7.98. The minimum absolute atomic E-state index is 0.148. The zero-order valence-electron chi connectivity index (χ0n) is 16.1. The van der Waals surface area contributed by atoms with Crippen molar-refractivity contribution in [2.24, 2.45) is 0 Å². The van der Waals surface area contributed by atoms with Crippen molar-refractivity contribution in [3.05, 3.63) is 50.9 Å². The van der Waals surface area contributed by atoms with Gasteiger partial charge in [0, 0.05) is 5.69 Å². The monoisotopic (exact) mass is 389 g/mol. The largest absolute Gasteiger partial charge is 0.462 e. The van der Waals surface area contributed by atoms with Gasteiger partial charge >= 0.3 is 5.97 Å². The summed E-state index contributed by atoms with van der Waals surface area (Å²) in [5, 5.41) is 3.20. The Hall–Kier alpha value is -2.61. The molecule has 0 spiro atoms. The van der Waals surface area contributed by atoms with Crippen molar-refractivity contribution >= 4 is 29.3 Å². The predicted molar refractivity (Wildman–Crippen MR) is 106 cm³/mol. The molecule has 1 N–H and O–H groups in total. The van der Waals surface area contributed by atoms with E-state index >= 15 is 0 Å². The first-order chi connectivity index (χ1) is 12.8. The Morgan fingerprint density at radius 3 is 2.41 bits per heavy atom. The van der Waals surface area contributed by atoms with Gasteiger partial charge in [0.1, 0.15) is 12.1 Å². The van der Waals surface area contributed by atoms with E-state index in [0.717, 1.165) is 22.4 Å². The third-order valence-corrected chi connectivity index (χ3v) is 4.62. The smallest absolute Gasteiger partial charge is 0.345 e. The standard InChI is InChI=1S/C19H23N3O4S/c1-6-26-18(25)14-9-20-19(27-5)22(17(14)24)10-15(23)21-16-12(3)7-11(2)8-13(16)4/h7-9H,6,10H2,1-5H3,(H,21,23). The summed E-state index contributed by atoms with van der Waals surface area (Å²) in [6, 6.07) is 3.95. The van der Waals surface area contributed by atoms with Gasteiger partial charge in [0.15, 0.2) is 5.16 Å². The number of hydrogen-bond acceptors (Lipinski definition) is 6. The number of benzene rings is 1. The second kappa shape index (κ2) is 8.85. The normalized spacial score (nSPS) is 10.6. The number of carbonyl (C=O) groups is 2. The predicted octanol–water partition coefficient (Wildman–Crippen LogP) is 2.71. The molecule has 0 saturated carbocycles. The van der Waals surface area contributed by atoms with Gasteiger partial charge in [0.2, 0.25) is 5.91 Å². The summed E-state index contributed by atoms with van der Waals surface area (Å²) in [4.78, 5) is 41.3. The van der Waals surface area contributed by atoms with Crippen LogP contribution >= 0.6 is 11.8 Å². The van der Waals surface area contributed by atoms with E-state index in [1.807, 2.05) is 32.9 Å². The molecule has 0 unspecified atom stereocenters. The topological polar surface area (TPSA) is 90.3 Å². The van der Waals surface area contributed by atoms with Crippen molar-refractivity contribution in [1.82, 2.24) is 9.55 Å². The molecule has 1 aromatic heterocycles. The second-order valence-corrected chi connectivity index (χ2v) is 6.87. The summed E-state index contributed by atoms with van der Waals surface area (Å²) in [6.45, 7) is 7.37. The lowest BCUT2D eigenvalue weighted by atomic mass is 10.1. The number of hydrogen-bond donors (Lipinski definition) is 1. The lowest BCUT2D eigenvalue weighted by Gasteiger charge is -2.15. The third-order valence-electron chi connectivity index (χ3n) is 3.93. The molecule has 27 heavy (non-hydrogen) atoms. The number of ether oxygens (including phenoxy) is 1. The van der Waals surface area contributed by atoms with E-state index < -0.39 is 11.5 Å². The molecule has 0 fully saturated rings. The molecule has 0 radical (unpaired) electrons. The zero-order chi connectivity index (χ0) is 20.1. The van der Waals surface area contributed by atoms with E-state index in [1.165, 1.54) is 22.5 Å². The number of amides is 1. The molecule has 2 rings (SSSR count). The SMILES string of the molecule is CCOC(=O)c1cnc(SC)n(CC(=O)Nc2c(C)cc(C)cc2C)c1=O. The summed E-state index contributed by atoms with van der Waals surface area (Å²) in [6.07, 6.45) is 2.93. The molecule has 1 heterocycles. The minimum Gasteiger partial charge on any atom is -0.462 e. The molecular formula is C19H23N3O4S. The summed E-state index contributed by atoms with van der Waals surface area (Å²) >= 11 is 1.22. The Labute approximate surface area is 162 Å². The van der Waals surface area contributed by atoms with Crippen LogP contribution in [0.25, 0.3) is 0 Å². The fraction of sp³-hybridized carbons (Fsp3) is 0.368. The van der Waals surface area contributed by atoms with Crippen LogP contribution in [-0.4, -0.2) is 34.3 Å². The van der Waals surface area contributed by atoms with Gasteiger partial charge < -0.3 is 10.1 Å². The first-order valence-corrected chi connectivity index (χ1v) is 9.69. The highest BCUT2D eigenvalue weighted by Gasteiger charge is 2.19. The summed E-state index contributed by atoms with van der Waals surface area (Å²) in [5.41, 5.74) is 2.92. The van der Waals surface area contributed by atoms with Gasteiger partial charge in [-0.1, -0.05) is 29.5 Å².